The quantitative estimate of drug-likeness (QED) is 0.468. The smallest absolute Gasteiger partial charge is 0.329 e. The fraction of sp³-hybridized carbons (Fsp3) is 0.370. The molecule has 0 radical (unpaired) electrons. The Balaban J connectivity index is 1.21. The molecule has 0 unspecified atom stereocenters. The van der Waals surface area contributed by atoms with Gasteiger partial charge < -0.3 is 15.6 Å². The van der Waals surface area contributed by atoms with Crippen LogP contribution in [-0.2, 0) is 16.0 Å². The second kappa shape index (κ2) is 8.97. The summed E-state index contributed by atoms with van der Waals surface area (Å²) in [5, 5.41) is 7.09. The average Bonchev–Trinajstić information content (AvgIpc) is 3.35. The number of aromatic nitrogens is 1. The number of benzene rings is 2. The first-order chi connectivity index (χ1) is 16.4. The van der Waals surface area contributed by atoms with Crippen LogP contribution in [0.2, 0.25) is 0 Å². The van der Waals surface area contributed by atoms with Crippen molar-refractivity contribution in [2.75, 3.05) is 4.90 Å². The Kier molecular flexibility index (Phi) is 5.86. The minimum absolute atomic E-state index is 0.0616. The summed E-state index contributed by atoms with van der Waals surface area (Å²) in [5.74, 6) is -0.0584. The molecule has 1 aliphatic heterocycles. The molecule has 1 aliphatic carbocycles. The number of fused-ring (bicyclic) bond motifs is 3. The lowest BCUT2D eigenvalue weighted by molar-refractivity contribution is -0.122. The summed E-state index contributed by atoms with van der Waals surface area (Å²) in [6.07, 6.45) is 3.33. The van der Waals surface area contributed by atoms with Crippen molar-refractivity contribution in [2.24, 2.45) is 0 Å². The first kappa shape index (κ1) is 22.2. The number of nitrogens with zero attached hydrogens (tertiary/aromatic N) is 1. The van der Waals surface area contributed by atoms with E-state index in [1.165, 1.54) is 15.8 Å². The van der Waals surface area contributed by atoms with Gasteiger partial charge in [-0.05, 0) is 60.9 Å². The van der Waals surface area contributed by atoms with E-state index in [1.807, 2.05) is 24.3 Å². The highest BCUT2D eigenvalue weighted by Crippen LogP contribution is 2.34. The van der Waals surface area contributed by atoms with Gasteiger partial charge in [-0.3, -0.25) is 9.59 Å². The van der Waals surface area contributed by atoms with Crippen LogP contribution in [0.5, 0.6) is 0 Å². The summed E-state index contributed by atoms with van der Waals surface area (Å²) < 4.78 is 0. The van der Waals surface area contributed by atoms with Gasteiger partial charge in [0.15, 0.2) is 0 Å². The molecule has 2 aromatic carbocycles. The molecule has 176 valence electrons. The third-order valence-electron chi connectivity index (χ3n) is 6.95. The topological polar surface area (TPSA) is 94.3 Å². The van der Waals surface area contributed by atoms with E-state index >= 15 is 0 Å². The molecule has 1 fully saturated rings. The molecule has 3 N–H and O–H groups in total. The molecule has 2 atom stereocenters. The van der Waals surface area contributed by atoms with Crippen molar-refractivity contribution in [3.8, 4) is 0 Å². The lowest BCUT2D eigenvalue weighted by Gasteiger charge is -2.24. The molecule has 7 nitrogen and oxygen atoms in total. The van der Waals surface area contributed by atoms with Crippen LogP contribution >= 0.6 is 0 Å². The van der Waals surface area contributed by atoms with Crippen LogP contribution in [0.25, 0.3) is 10.9 Å². The summed E-state index contributed by atoms with van der Waals surface area (Å²) >= 11 is 0. The second-order valence-electron chi connectivity index (χ2n) is 9.54. The molecule has 1 aromatic heterocycles. The van der Waals surface area contributed by atoms with E-state index < -0.39 is 12.1 Å². The molecule has 0 bridgehead atoms. The van der Waals surface area contributed by atoms with E-state index in [0.29, 0.717) is 11.6 Å². The SMILES string of the molecule is CC(C)c1ccc(N2C(=O)N[C@H](CCC(=O)N[C@H]3CCCc4c3[nH]c3ccccc43)C2=O)cc1. The number of hydrogen-bond donors (Lipinski definition) is 3. The summed E-state index contributed by atoms with van der Waals surface area (Å²) in [5.41, 5.74) is 5.15. The van der Waals surface area contributed by atoms with Crippen molar-refractivity contribution in [3.05, 3.63) is 65.4 Å². The minimum Gasteiger partial charge on any atom is -0.356 e. The number of carbonyl (C=O) groups is 3. The molecule has 7 heteroatoms. The van der Waals surface area contributed by atoms with Gasteiger partial charge in [0.2, 0.25) is 5.91 Å². The Morgan fingerprint density at radius 2 is 1.88 bits per heavy atom. The summed E-state index contributed by atoms with van der Waals surface area (Å²) in [7, 11) is 0. The minimum atomic E-state index is -0.696. The number of H-pyrrole nitrogens is 1. The maximum absolute atomic E-state index is 12.9. The molecule has 0 saturated carbocycles. The molecular weight excluding hydrogens is 428 g/mol. The Morgan fingerprint density at radius 3 is 2.65 bits per heavy atom. The predicted molar refractivity (Wildman–Crippen MR) is 132 cm³/mol. The summed E-state index contributed by atoms with van der Waals surface area (Å²) in [6.45, 7) is 4.19. The van der Waals surface area contributed by atoms with Gasteiger partial charge in [-0.1, -0.05) is 44.2 Å². The van der Waals surface area contributed by atoms with Crippen LogP contribution in [0, 0.1) is 0 Å². The number of carbonyl (C=O) groups excluding carboxylic acids is 3. The van der Waals surface area contributed by atoms with Gasteiger partial charge in [0, 0.05) is 23.0 Å². The molecule has 0 spiro atoms. The van der Waals surface area contributed by atoms with Crippen LogP contribution in [0.3, 0.4) is 0 Å². The maximum Gasteiger partial charge on any atom is 0.329 e. The predicted octanol–water partition coefficient (Wildman–Crippen LogP) is 4.69. The number of hydrogen-bond acceptors (Lipinski definition) is 3. The summed E-state index contributed by atoms with van der Waals surface area (Å²) in [4.78, 5) is 42.8. The fourth-order valence-corrected chi connectivity index (χ4v) is 5.08. The lowest BCUT2D eigenvalue weighted by atomic mass is 9.91. The molecule has 34 heavy (non-hydrogen) atoms. The molecule has 2 heterocycles. The van der Waals surface area contributed by atoms with Crippen molar-refractivity contribution < 1.29 is 14.4 Å². The molecule has 5 rings (SSSR count). The maximum atomic E-state index is 12.9. The monoisotopic (exact) mass is 458 g/mol. The molecule has 1 saturated heterocycles. The standard InChI is InChI=1S/C27H30N4O3/c1-16(2)17-10-12-18(13-11-17)31-26(33)23(30-27(31)34)14-15-24(32)28-22-9-5-7-20-19-6-3-4-8-21(19)29-25(20)22/h3-4,6,8,10-13,16,22-23,29H,5,7,9,14-15H2,1-2H3,(H,28,32)(H,30,34)/t22-,23+/m0/s1. The third kappa shape index (κ3) is 4.06. The van der Waals surface area contributed by atoms with Gasteiger partial charge in [0.05, 0.1) is 11.7 Å². The zero-order chi connectivity index (χ0) is 23.8. The fourth-order valence-electron chi connectivity index (χ4n) is 5.08. The van der Waals surface area contributed by atoms with Crippen molar-refractivity contribution in [2.45, 2.75) is 64.0 Å². The van der Waals surface area contributed by atoms with Gasteiger partial charge in [-0.25, -0.2) is 9.69 Å². The van der Waals surface area contributed by atoms with E-state index in [-0.39, 0.29) is 30.7 Å². The first-order valence-electron chi connectivity index (χ1n) is 12.1. The Labute approximate surface area is 198 Å². The van der Waals surface area contributed by atoms with Crippen LogP contribution < -0.4 is 15.5 Å². The van der Waals surface area contributed by atoms with E-state index in [9.17, 15) is 14.4 Å². The first-order valence-corrected chi connectivity index (χ1v) is 12.1. The number of rotatable bonds is 6. The number of aromatic amines is 1. The van der Waals surface area contributed by atoms with Gasteiger partial charge in [-0.15, -0.1) is 0 Å². The number of imide groups is 1. The highest BCUT2D eigenvalue weighted by atomic mass is 16.2. The van der Waals surface area contributed by atoms with Crippen molar-refractivity contribution in [1.29, 1.82) is 0 Å². The third-order valence-corrected chi connectivity index (χ3v) is 6.95. The van der Waals surface area contributed by atoms with Crippen molar-refractivity contribution >= 4 is 34.4 Å². The normalized spacial score (nSPS) is 20.0. The van der Waals surface area contributed by atoms with Gasteiger partial charge in [0.1, 0.15) is 6.04 Å². The van der Waals surface area contributed by atoms with Crippen molar-refractivity contribution in [3.63, 3.8) is 0 Å². The number of nitrogens with one attached hydrogen (secondary N) is 3. The number of anilines is 1. The van der Waals surface area contributed by atoms with E-state index in [4.69, 9.17) is 0 Å². The van der Waals surface area contributed by atoms with Gasteiger partial charge in [-0.2, -0.15) is 0 Å². The second-order valence-corrected chi connectivity index (χ2v) is 9.54. The van der Waals surface area contributed by atoms with Gasteiger partial charge in [0.25, 0.3) is 5.91 Å². The van der Waals surface area contributed by atoms with Crippen molar-refractivity contribution in [1.82, 2.24) is 15.6 Å². The Bertz CT molecular complexity index is 1240. The highest BCUT2D eigenvalue weighted by Gasteiger charge is 2.39. The van der Waals surface area contributed by atoms with E-state index in [0.717, 1.165) is 36.0 Å². The molecule has 2 aliphatic rings. The van der Waals surface area contributed by atoms with Crippen LogP contribution in [0.15, 0.2) is 48.5 Å². The number of urea groups is 1. The summed E-state index contributed by atoms with van der Waals surface area (Å²) in [6, 6.07) is 14.5. The largest absolute Gasteiger partial charge is 0.356 e. The Morgan fingerprint density at radius 1 is 1.12 bits per heavy atom. The number of amides is 4. The molecule has 3 aromatic rings. The molecular formula is C27H30N4O3. The number of aryl methyl sites for hydroxylation is 1. The van der Waals surface area contributed by atoms with Crippen LogP contribution in [0.4, 0.5) is 10.5 Å². The van der Waals surface area contributed by atoms with Gasteiger partial charge >= 0.3 is 6.03 Å². The highest BCUT2D eigenvalue weighted by molar-refractivity contribution is 6.21. The lowest BCUT2D eigenvalue weighted by Crippen LogP contribution is -2.34. The van der Waals surface area contributed by atoms with E-state index in [1.54, 1.807) is 12.1 Å². The zero-order valence-corrected chi connectivity index (χ0v) is 19.6. The molecule has 4 amide bonds. The Hall–Kier alpha value is -3.61. The number of para-hydroxylation sites is 1. The van der Waals surface area contributed by atoms with E-state index in [2.05, 4.69) is 41.6 Å². The van der Waals surface area contributed by atoms with Crippen LogP contribution in [0.1, 0.15) is 68.3 Å². The zero-order valence-electron chi connectivity index (χ0n) is 19.6. The average molecular weight is 459 g/mol. The van der Waals surface area contributed by atoms with Crippen LogP contribution in [-0.4, -0.2) is 28.9 Å².